The van der Waals surface area contributed by atoms with E-state index in [-0.39, 0.29) is 11.7 Å². The van der Waals surface area contributed by atoms with Crippen LogP contribution in [0.15, 0.2) is 0 Å². The van der Waals surface area contributed by atoms with Crippen molar-refractivity contribution in [1.82, 2.24) is 0 Å². The van der Waals surface area contributed by atoms with Crippen LogP contribution in [0, 0.1) is 0 Å². The van der Waals surface area contributed by atoms with Gasteiger partial charge in [-0.2, -0.15) is 0 Å². The highest BCUT2D eigenvalue weighted by Gasteiger charge is 2.03. The Bertz CT molecular complexity index is 230. The average molecular weight is 194 g/mol. The van der Waals surface area contributed by atoms with Crippen LogP contribution in [0.2, 0.25) is 0 Å². The lowest BCUT2D eigenvalue weighted by Gasteiger charge is -1.98. The van der Waals surface area contributed by atoms with E-state index in [1.807, 2.05) is 0 Å². The highest BCUT2D eigenvalue weighted by atomic mass is 32.2. The molecule has 12 heavy (non-hydrogen) atoms. The maximum absolute atomic E-state index is 10.6. The molecule has 5 heteroatoms. The van der Waals surface area contributed by atoms with Gasteiger partial charge in [-0.1, -0.05) is 0 Å². The van der Waals surface area contributed by atoms with E-state index >= 15 is 0 Å². The molecule has 0 aliphatic carbocycles. The fourth-order valence-electron chi connectivity index (χ4n) is 0.736. The van der Waals surface area contributed by atoms with Crippen molar-refractivity contribution in [1.29, 1.82) is 0 Å². The van der Waals surface area contributed by atoms with Gasteiger partial charge in [-0.05, 0) is 12.8 Å². The molecule has 0 aliphatic heterocycles. The molecule has 0 unspecified atom stereocenters. The van der Waals surface area contributed by atoms with E-state index in [4.69, 9.17) is 0 Å². The summed E-state index contributed by atoms with van der Waals surface area (Å²) < 4.78 is 25.7. The molecular formula is C7H14O4S. The van der Waals surface area contributed by atoms with Gasteiger partial charge >= 0.3 is 5.97 Å². The molecule has 0 spiro atoms. The monoisotopic (exact) mass is 194 g/mol. The molecule has 0 atom stereocenters. The molecule has 72 valence electrons. The lowest BCUT2D eigenvalue weighted by atomic mass is 10.2. The van der Waals surface area contributed by atoms with Crippen LogP contribution in [0.25, 0.3) is 0 Å². The third kappa shape index (κ3) is 7.53. The van der Waals surface area contributed by atoms with Gasteiger partial charge in [0.15, 0.2) is 0 Å². The number of methoxy groups -OCH3 is 1. The smallest absolute Gasteiger partial charge is 0.305 e. The van der Waals surface area contributed by atoms with Crippen molar-refractivity contribution in [3.8, 4) is 0 Å². The van der Waals surface area contributed by atoms with E-state index in [1.54, 1.807) is 0 Å². The van der Waals surface area contributed by atoms with Crippen molar-refractivity contribution in [2.24, 2.45) is 0 Å². The van der Waals surface area contributed by atoms with Crippen LogP contribution >= 0.6 is 0 Å². The quantitative estimate of drug-likeness (QED) is 0.469. The Labute approximate surface area is 72.8 Å². The number of hydrogen-bond acceptors (Lipinski definition) is 4. The summed E-state index contributed by atoms with van der Waals surface area (Å²) in [6, 6.07) is 0. The third-order valence-electron chi connectivity index (χ3n) is 1.37. The number of ether oxygens (including phenoxy) is 1. The summed E-state index contributed by atoms with van der Waals surface area (Å²) in [5.41, 5.74) is 0. The lowest BCUT2D eigenvalue weighted by molar-refractivity contribution is -0.140. The fraction of sp³-hybridized carbons (Fsp3) is 0.857. The molecule has 0 amide bonds. The normalized spacial score (nSPS) is 11.2. The SMILES string of the molecule is COC(=O)CCCCS(C)(=O)=O. The first kappa shape index (κ1) is 11.4. The third-order valence-corrected chi connectivity index (χ3v) is 2.40. The highest BCUT2D eigenvalue weighted by molar-refractivity contribution is 7.90. The Kier molecular flexibility index (Phi) is 4.89. The zero-order chi connectivity index (χ0) is 9.61. The lowest BCUT2D eigenvalue weighted by Crippen LogP contribution is -2.05. The maximum atomic E-state index is 10.6. The zero-order valence-electron chi connectivity index (χ0n) is 7.37. The Morgan fingerprint density at radius 2 is 1.92 bits per heavy atom. The number of rotatable bonds is 5. The van der Waals surface area contributed by atoms with Crippen molar-refractivity contribution < 1.29 is 17.9 Å². The van der Waals surface area contributed by atoms with Gasteiger partial charge in [0.2, 0.25) is 0 Å². The van der Waals surface area contributed by atoms with Gasteiger partial charge in [-0.15, -0.1) is 0 Å². The molecule has 0 aliphatic rings. The van der Waals surface area contributed by atoms with Crippen LogP contribution in [0.4, 0.5) is 0 Å². The first-order chi connectivity index (χ1) is 5.45. The van der Waals surface area contributed by atoms with E-state index in [2.05, 4.69) is 4.74 Å². The van der Waals surface area contributed by atoms with E-state index in [0.717, 1.165) is 0 Å². The van der Waals surface area contributed by atoms with Crippen molar-refractivity contribution in [2.45, 2.75) is 19.3 Å². The van der Waals surface area contributed by atoms with Gasteiger partial charge in [0.1, 0.15) is 9.84 Å². The Morgan fingerprint density at radius 3 is 2.33 bits per heavy atom. The van der Waals surface area contributed by atoms with Crippen molar-refractivity contribution in [2.75, 3.05) is 19.1 Å². The molecule has 0 radical (unpaired) electrons. The van der Waals surface area contributed by atoms with Gasteiger partial charge in [0.25, 0.3) is 0 Å². The number of hydrogen-bond donors (Lipinski definition) is 0. The van der Waals surface area contributed by atoms with Crippen LogP contribution in [0.5, 0.6) is 0 Å². The summed E-state index contributed by atoms with van der Waals surface area (Å²) >= 11 is 0. The number of sulfone groups is 1. The van der Waals surface area contributed by atoms with E-state index in [0.29, 0.717) is 19.3 Å². The second kappa shape index (κ2) is 5.13. The van der Waals surface area contributed by atoms with Crippen LogP contribution in [0.3, 0.4) is 0 Å². The molecule has 0 aromatic rings. The van der Waals surface area contributed by atoms with Crippen molar-refractivity contribution in [3.05, 3.63) is 0 Å². The molecule has 0 saturated heterocycles. The number of unbranched alkanes of at least 4 members (excludes halogenated alkanes) is 1. The predicted molar refractivity (Wildman–Crippen MR) is 45.6 cm³/mol. The minimum Gasteiger partial charge on any atom is -0.469 e. The van der Waals surface area contributed by atoms with E-state index in [9.17, 15) is 13.2 Å². The van der Waals surface area contributed by atoms with Crippen LogP contribution in [0.1, 0.15) is 19.3 Å². The molecule has 0 N–H and O–H groups in total. The van der Waals surface area contributed by atoms with E-state index < -0.39 is 9.84 Å². The molecule has 0 rings (SSSR count). The van der Waals surface area contributed by atoms with Crippen molar-refractivity contribution in [3.63, 3.8) is 0 Å². The van der Waals surface area contributed by atoms with Crippen LogP contribution in [-0.4, -0.2) is 33.5 Å². The molecular weight excluding hydrogens is 180 g/mol. The summed E-state index contributed by atoms with van der Waals surface area (Å²) in [6.45, 7) is 0. The number of esters is 1. The van der Waals surface area contributed by atoms with Crippen molar-refractivity contribution >= 4 is 15.8 Å². The number of carbonyl (C=O) groups is 1. The fourth-order valence-corrected chi connectivity index (χ4v) is 1.46. The Morgan fingerprint density at radius 1 is 1.33 bits per heavy atom. The molecule has 0 aromatic carbocycles. The predicted octanol–water partition coefficient (Wildman–Crippen LogP) is 0.374. The molecule has 0 saturated carbocycles. The molecule has 0 bridgehead atoms. The Hall–Kier alpha value is -0.580. The summed E-state index contributed by atoms with van der Waals surface area (Å²) in [6.07, 6.45) is 2.57. The molecule has 4 nitrogen and oxygen atoms in total. The minimum atomic E-state index is -2.88. The van der Waals surface area contributed by atoms with Gasteiger partial charge in [-0.25, -0.2) is 8.42 Å². The highest BCUT2D eigenvalue weighted by Crippen LogP contribution is 1.99. The number of carbonyl (C=O) groups excluding carboxylic acids is 1. The first-order valence-electron chi connectivity index (χ1n) is 3.70. The van der Waals surface area contributed by atoms with Gasteiger partial charge < -0.3 is 4.74 Å². The molecule has 0 aromatic heterocycles. The molecule has 0 heterocycles. The van der Waals surface area contributed by atoms with Crippen LogP contribution < -0.4 is 0 Å². The minimum absolute atomic E-state index is 0.143. The summed E-state index contributed by atoms with van der Waals surface area (Å²) in [5, 5.41) is 0. The standard InChI is InChI=1S/C7H14O4S/c1-11-7(8)5-3-4-6-12(2,9)10/h3-6H2,1-2H3. The van der Waals surface area contributed by atoms with Gasteiger partial charge in [0, 0.05) is 18.4 Å². The second-order valence-electron chi connectivity index (χ2n) is 2.66. The zero-order valence-corrected chi connectivity index (χ0v) is 8.19. The summed E-state index contributed by atoms with van der Waals surface area (Å²) in [7, 11) is -1.56. The van der Waals surface area contributed by atoms with Gasteiger partial charge in [-0.3, -0.25) is 4.79 Å². The average Bonchev–Trinajstić information content (AvgIpc) is 1.96. The largest absolute Gasteiger partial charge is 0.469 e. The second-order valence-corrected chi connectivity index (χ2v) is 4.92. The molecule has 0 fully saturated rings. The maximum Gasteiger partial charge on any atom is 0.305 e. The summed E-state index contributed by atoms with van der Waals surface area (Å²) in [5.74, 6) is -0.146. The topological polar surface area (TPSA) is 60.4 Å². The van der Waals surface area contributed by atoms with E-state index in [1.165, 1.54) is 13.4 Å². The van der Waals surface area contributed by atoms with Gasteiger partial charge in [0.05, 0.1) is 7.11 Å². The Balaban J connectivity index is 3.40. The summed E-state index contributed by atoms with van der Waals surface area (Å²) in [4.78, 5) is 10.6. The first-order valence-corrected chi connectivity index (χ1v) is 5.76. The van der Waals surface area contributed by atoms with Crippen LogP contribution in [-0.2, 0) is 19.4 Å².